The molecule has 1 fully saturated rings. The van der Waals surface area contributed by atoms with E-state index in [9.17, 15) is 14.0 Å². The average Bonchev–Trinajstić information content (AvgIpc) is 2.89. The highest BCUT2D eigenvalue weighted by Crippen LogP contribution is 2.18. The highest BCUT2D eigenvalue weighted by atomic mass is 19.1. The molecule has 1 aromatic heterocycles. The maximum Gasteiger partial charge on any atom is 0.321 e. The third kappa shape index (κ3) is 4.08. The Morgan fingerprint density at radius 3 is 2.54 bits per heavy atom. The number of urea groups is 1. The van der Waals surface area contributed by atoms with Crippen molar-refractivity contribution in [3.63, 3.8) is 0 Å². The van der Waals surface area contributed by atoms with Gasteiger partial charge in [0.05, 0.1) is 0 Å². The van der Waals surface area contributed by atoms with Crippen molar-refractivity contribution in [2.45, 2.75) is 6.42 Å². The fourth-order valence-electron chi connectivity index (χ4n) is 2.86. The van der Waals surface area contributed by atoms with Crippen LogP contribution in [0.2, 0.25) is 0 Å². The summed E-state index contributed by atoms with van der Waals surface area (Å²) in [5.41, 5.74) is 6.16. The minimum atomic E-state index is -0.516. The van der Waals surface area contributed by atoms with Gasteiger partial charge in [0.15, 0.2) is 11.6 Å². The molecule has 0 atom stereocenters. The second-order valence-corrected chi connectivity index (χ2v) is 6.01. The highest BCUT2D eigenvalue weighted by molar-refractivity contribution is 5.94. The molecule has 26 heavy (non-hydrogen) atoms. The molecule has 3 N–H and O–H groups in total. The standard InChI is InChI=1S/C18H20FN5O2/c19-15-3-1-8-21-17(15)23-9-2-10-24(12-11-23)18(26)22-14-6-4-13(5-7-14)16(20)25/h1,3-8H,2,9-12H2,(H2,20,25)(H,22,26). The molecule has 7 nitrogen and oxygen atoms in total. The number of hydrogen-bond acceptors (Lipinski definition) is 4. The van der Waals surface area contributed by atoms with E-state index in [0.717, 1.165) is 0 Å². The predicted molar refractivity (Wildman–Crippen MR) is 96.6 cm³/mol. The van der Waals surface area contributed by atoms with E-state index in [1.165, 1.54) is 6.07 Å². The van der Waals surface area contributed by atoms with Crippen LogP contribution in [-0.4, -0.2) is 48.0 Å². The number of rotatable bonds is 3. The van der Waals surface area contributed by atoms with E-state index in [1.54, 1.807) is 41.4 Å². The van der Waals surface area contributed by atoms with Gasteiger partial charge in [0.1, 0.15) is 0 Å². The third-order valence-corrected chi connectivity index (χ3v) is 4.24. The van der Waals surface area contributed by atoms with Crippen molar-refractivity contribution in [1.82, 2.24) is 9.88 Å². The largest absolute Gasteiger partial charge is 0.366 e. The topological polar surface area (TPSA) is 91.6 Å². The minimum Gasteiger partial charge on any atom is -0.366 e. The van der Waals surface area contributed by atoms with Crippen LogP contribution in [0, 0.1) is 5.82 Å². The lowest BCUT2D eigenvalue weighted by molar-refractivity contribution is 0.100. The zero-order valence-corrected chi connectivity index (χ0v) is 14.2. The number of carbonyl (C=O) groups is 2. The van der Waals surface area contributed by atoms with Crippen LogP contribution in [0.15, 0.2) is 42.6 Å². The van der Waals surface area contributed by atoms with Gasteiger partial charge < -0.3 is 20.9 Å². The van der Waals surface area contributed by atoms with Crippen LogP contribution in [0.3, 0.4) is 0 Å². The molecule has 1 aliphatic rings. The third-order valence-electron chi connectivity index (χ3n) is 4.24. The molecule has 0 radical (unpaired) electrons. The van der Waals surface area contributed by atoms with Crippen LogP contribution < -0.4 is 16.0 Å². The molecule has 1 aromatic carbocycles. The normalized spacial score (nSPS) is 14.7. The number of nitrogens with two attached hydrogens (primary N) is 1. The molecule has 3 amide bonds. The van der Waals surface area contributed by atoms with E-state index in [0.29, 0.717) is 49.7 Å². The lowest BCUT2D eigenvalue weighted by atomic mass is 10.2. The molecule has 1 aliphatic heterocycles. The SMILES string of the molecule is NC(=O)c1ccc(NC(=O)N2CCCN(c3ncccc3F)CC2)cc1. The number of anilines is 2. The monoisotopic (exact) mass is 357 g/mol. The van der Waals surface area contributed by atoms with Crippen molar-refractivity contribution in [2.24, 2.45) is 5.73 Å². The van der Waals surface area contributed by atoms with E-state index in [-0.39, 0.29) is 11.8 Å². The summed E-state index contributed by atoms with van der Waals surface area (Å²) in [6.45, 7) is 2.16. The van der Waals surface area contributed by atoms with Crippen LogP contribution in [-0.2, 0) is 0 Å². The van der Waals surface area contributed by atoms with E-state index in [2.05, 4.69) is 10.3 Å². The van der Waals surface area contributed by atoms with Crippen molar-refractivity contribution in [3.05, 3.63) is 54.0 Å². The Morgan fingerprint density at radius 1 is 1.08 bits per heavy atom. The van der Waals surface area contributed by atoms with Gasteiger partial charge in [-0.25, -0.2) is 14.2 Å². The van der Waals surface area contributed by atoms with Gasteiger partial charge in [0.2, 0.25) is 5.91 Å². The van der Waals surface area contributed by atoms with Gasteiger partial charge in [0, 0.05) is 43.6 Å². The molecule has 0 unspecified atom stereocenters. The highest BCUT2D eigenvalue weighted by Gasteiger charge is 2.21. The molecular weight excluding hydrogens is 337 g/mol. The van der Waals surface area contributed by atoms with Gasteiger partial charge in [-0.15, -0.1) is 0 Å². The Bertz CT molecular complexity index is 796. The second-order valence-electron chi connectivity index (χ2n) is 6.01. The molecule has 2 aromatic rings. The Balaban J connectivity index is 1.60. The molecule has 1 saturated heterocycles. The maximum absolute atomic E-state index is 13.9. The Kier molecular flexibility index (Phi) is 5.31. The van der Waals surface area contributed by atoms with Gasteiger partial charge in [-0.05, 0) is 42.8 Å². The van der Waals surface area contributed by atoms with Gasteiger partial charge >= 0.3 is 6.03 Å². The zero-order valence-electron chi connectivity index (χ0n) is 14.2. The molecule has 0 saturated carbocycles. The number of hydrogen-bond donors (Lipinski definition) is 2. The van der Waals surface area contributed by atoms with Gasteiger partial charge in [0.25, 0.3) is 0 Å². The molecule has 0 spiro atoms. The van der Waals surface area contributed by atoms with E-state index >= 15 is 0 Å². The Morgan fingerprint density at radius 2 is 1.85 bits per heavy atom. The summed E-state index contributed by atoms with van der Waals surface area (Å²) in [7, 11) is 0. The minimum absolute atomic E-state index is 0.236. The average molecular weight is 357 g/mol. The lowest BCUT2D eigenvalue weighted by Gasteiger charge is -2.23. The number of primary amides is 1. The zero-order chi connectivity index (χ0) is 18.5. The molecule has 8 heteroatoms. The van der Waals surface area contributed by atoms with E-state index < -0.39 is 5.91 Å². The number of halogens is 1. The summed E-state index contributed by atoms with van der Waals surface area (Å²) in [6, 6.07) is 9.09. The first-order chi connectivity index (χ1) is 12.5. The summed E-state index contributed by atoms with van der Waals surface area (Å²) in [5, 5.41) is 2.80. The number of amides is 3. The first-order valence-corrected chi connectivity index (χ1v) is 8.36. The molecule has 3 rings (SSSR count). The molecule has 136 valence electrons. The smallest absolute Gasteiger partial charge is 0.321 e. The van der Waals surface area contributed by atoms with Gasteiger partial charge in [-0.2, -0.15) is 0 Å². The summed E-state index contributed by atoms with van der Waals surface area (Å²) in [6.07, 6.45) is 2.27. The number of nitrogens with zero attached hydrogens (tertiary/aromatic N) is 3. The molecular formula is C18H20FN5O2. The molecule has 2 heterocycles. The molecule has 0 bridgehead atoms. The van der Waals surface area contributed by atoms with Crippen molar-refractivity contribution < 1.29 is 14.0 Å². The van der Waals surface area contributed by atoms with Crippen LogP contribution in [0.25, 0.3) is 0 Å². The van der Waals surface area contributed by atoms with Crippen LogP contribution in [0.1, 0.15) is 16.8 Å². The Hall–Kier alpha value is -3.16. The number of carbonyl (C=O) groups excluding carboxylic acids is 2. The van der Waals surface area contributed by atoms with Crippen molar-refractivity contribution in [2.75, 3.05) is 36.4 Å². The van der Waals surface area contributed by atoms with Gasteiger partial charge in [-0.1, -0.05) is 0 Å². The first kappa shape index (κ1) is 17.7. The van der Waals surface area contributed by atoms with Crippen LogP contribution >= 0.6 is 0 Å². The number of nitrogens with one attached hydrogen (secondary N) is 1. The molecule has 0 aliphatic carbocycles. The maximum atomic E-state index is 13.9. The lowest BCUT2D eigenvalue weighted by Crippen LogP contribution is -2.38. The second kappa shape index (κ2) is 7.81. The fourth-order valence-corrected chi connectivity index (χ4v) is 2.86. The van der Waals surface area contributed by atoms with E-state index in [4.69, 9.17) is 5.73 Å². The number of pyridine rings is 1. The summed E-state index contributed by atoms with van der Waals surface area (Å²) < 4.78 is 13.9. The van der Waals surface area contributed by atoms with Crippen LogP contribution in [0.4, 0.5) is 20.7 Å². The van der Waals surface area contributed by atoms with Crippen molar-refractivity contribution in [3.8, 4) is 0 Å². The predicted octanol–water partition coefficient (Wildman–Crippen LogP) is 2.06. The van der Waals surface area contributed by atoms with Crippen molar-refractivity contribution in [1.29, 1.82) is 0 Å². The van der Waals surface area contributed by atoms with Gasteiger partial charge in [-0.3, -0.25) is 4.79 Å². The Labute approximate surface area is 150 Å². The van der Waals surface area contributed by atoms with E-state index in [1.807, 2.05) is 4.90 Å². The van der Waals surface area contributed by atoms with Crippen molar-refractivity contribution >= 4 is 23.4 Å². The number of benzene rings is 1. The summed E-state index contributed by atoms with van der Waals surface area (Å²) >= 11 is 0. The summed E-state index contributed by atoms with van der Waals surface area (Å²) in [5.74, 6) is -0.561. The summed E-state index contributed by atoms with van der Waals surface area (Å²) in [4.78, 5) is 31.2. The quantitative estimate of drug-likeness (QED) is 0.880. The fraction of sp³-hybridized carbons (Fsp3) is 0.278. The number of aromatic nitrogens is 1. The first-order valence-electron chi connectivity index (χ1n) is 8.36. The van der Waals surface area contributed by atoms with Crippen LogP contribution in [0.5, 0.6) is 0 Å².